The average Bonchev–Trinajstić information content (AvgIpc) is 2.49. The molecule has 0 aromatic rings. The summed E-state index contributed by atoms with van der Waals surface area (Å²) in [7, 11) is -4.51. The Morgan fingerprint density at radius 1 is 0.792 bits per heavy atom. The summed E-state index contributed by atoms with van der Waals surface area (Å²) >= 11 is 0. The summed E-state index contributed by atoms with van der Waals surface area (Å²) in [4.78, 5) is 0. The Morgan fingerprint density at radius 2 is 1.29 bits per heavy atom. The number of allylic oxidation sites excluding steroid dienone is 4. The molecule has 24 heavy (non-hydrogen) atoms. The van der Waals surface area contributed by atoms with Crippen LogP contribution < -0.4 is 29.6 Å². The molecule has 0 saturated heterocycles. The first-order valence-electron chi connectivity index (χ1n) is 8.96. The molecule has 0 saturated carbocycles. The van der Waals surface area contributed by atoms with Gasteiger partial charge in [-0.15, -0.1) is 0 Å². The van der Waals surface area contributed by atoms with Crippen molar-refractivity contribution in [3.05, 3.63) is 24.3 Å². The molecule has 0 bridgehead atoms. The number of unbranched alkanes of at least 4 members (excludes halogenated alkanes) is 9. The van der Waals surface area contributed by atoms with E-state index in [4.69, 9.17) is 0 Å². The zero-order valence-corrected chi connectivity index (χ0v) is 18.4. The van der Waals surface area contributed by atoms with Gasteiger partial charge < -0.3 is 4.55 Å². The van der Waals surface area contributed by atoms with Crippen LogP contribution >= 0.6 is 0 Å². The predicted octanol–water partition coefficient (Wildman–Crippen LogP) is 2.28. The quantitative estimate of drug-likeness (QED) is 0.138. The topological polar surface area (TPSA) is 66.4 Å². The third-order valence-corrected chi connectivity index (χ3v) is 4.03. The minimum atomic E-state index is -4.51. The van der Waals surface area contributed by atoms with Crippen molar-refractivity contribution < 1.29 is 46.7 Å². The van der Waals surface area contributed by atoms with Gasteiger partial charge in [0.15, 0.2) is 0 Å². The number of hydrogen-bond acceptors (Lipinski definition) is 4. The third kappa shape index (κ3) is 24.6. The Morgan fingerprint density at radius 3 is 1.83 bits per heavy atom. The molecule has 0 aliphatic carbocycles. The molecular formula is C18H33NaO4S. The van der Waals surface area contributed by atoms with Crippen LogP contribution in [0.3, 0.4) is 0 Å². The fraction of sp³-hybridized carbons (Fsp3) is 0.778. The van der Waals surface area contributed by atoms with E-state index >= 15 is 0 Å². The van der Waals surface area contributed by atoms with Crippen LogP contribution in [0, 0.1) is 0 Å². The maximum atomic E-state index is 10.2. The first kappa shape index (κ1) is 26.6. The van der Waals surface area contributed by atoms with Crippen molar-refractivity contribution in [2.45, 2.75) is 84.0 Å². The van der Waals surface area contributed by atoms with Gasteiger partial charge in [-0.05, 0) is 38.5 Å². The molecule has 136 valence electrons. The van der Waals surface area contributed by atoms with E-state index in [-0.39, 0.29) is 36.2 Å². The van der Waals surface area contributed by atoms with Crippen LogP contribution in [0.25, 0.3) is 0 Å². The van der Waals surface area contributed by atoms with Crippen molar-refractivity contribution in [3.8, 4) is 0 Å². The zero-order valence-electron chi connectivity index (χ0n) is 15.5. The molecule has 0 fully saturated rings. The molecule has 0 aliphatic rings. The van der Waals surface area contributed by atoms with Crippen molar-refractivity contribution >= 4 is 10.4 Å². The Bertz CT molecular complexity index is 405. The van der Waals surface area contributed by atoms with Crippen LogP contribution in [-0.4, -0.2) is 19.6 Å². The van der Waals surface area contributed by atoms with Crippen LogP contribution in [0.15, 0.2) is 24.3 Å². The predicted molar refractivity (Wildman–Crippen MR) is 95.0 cm³/mol. The maximum Gasteiger partial charge on any atom is 1.00 e. The van der Waals surface area contributed by atoms with Crippen molar-refractivity contribution in [2.75, 3.05) is 6.61 Å². The summed E-state index contributed by atoms with van der Waals surface area (Å²) in [5.41, 5.74) is 0. The van der Waals surface area contributed by atoms with Crippen molar-refractivity contribution in [1.82, 2.24) is 0 Å². The summed E-state index contributed by atoms with van der Waals surface area (Å²) in [6.45, 7) is 2.24. The summed E-state index contributed by atoms with van der Waals surface area (Å²) in [6.07, 6.45) is 22.4. The van der Waals surface area contributed by atoms with E-state index in [1.54, 1.807) is 0 Å². The van der Waals surface area contributed by atoms with Gasteiger partial charge >= 0.3 is 29.6 Å². The van der Waals surface area contributed by atoms with E-state index < -0.39 is 10.4 Å². The van der Waals surface area contributed by atoms with Gasteiger partial charge in [-0.1, -0.05) is 69.8 Å². The molecule has 4 nitrogen and oxygen atoms in total. The Kier molecular flexibility index (Phi) is 21.8. The van der Waals surface area contributed by atoms with Gasteiger partial charge in [0, 0.05) is 0 Å². The summed E-state index contributed by atoms with van der Waals surface area (Å²) in [5.74, 6) is 0. The molecular weight excluding hydrogens is 335 g/mol. The molecule has 0 unspecified atom stereocenters. The molecule has 0 amide bonds. The van der Waals surface area contributed by atoms with Gasteiger partial charge in [0.05, 0.1) is 6.61 Å². The molecule has 6 heteroatoms. The van der Waals surface area contributed by atoms with Crippen LogP contribution in [0.5, 0.6) is 0 Å². The standard InChI is InChI=1S/C18H34O4S.Na/c1-2-3-4-5-6-7-8-9-10-11-12-13-14-15-16-17-18-22-23(19,20)21;/h6-7,9-10H,2-5,8,11-18H2,1H3,(H,19,20,21);/q;+1/p-1. The average molecular weight is 369 g/mol. The second-order valence-corrected chi connectivity index (χ2v) is 6.87. The van der Waals surface area contributed by atoms with E-state index in [2.05, 4.69) is 35.4 Å². The van der Waals surface area contributed by atoms with Gasteiger partial charge in [0.1, 0.15) is 0 Å². The number of rotatable bonds is 16. The summed E-state index contributed by atoms with van der Waals surface area (Å²) in [6, 6.07) is 0. The first-order chi connectivity index (χ1) is 11.1. The Hall–Kier alpha value is 0.350. The second kappa shape index (κ2) is 19.7. The SMILES string of the molecule is CCCCCC=CCC=CCCCCCCCCOS(=O)(=O)[O-].[Na+]. The maximum absolute atomic E-state index is 10.2. The largest absolute Gasteiger partial charge is 1.00 e. The van der Waals surface area contributed by atoms with Crippen LogP contribution in [0.4, 0.5) is 0 Å². The van der Waals surface area contributed by atoms with Gasteiger partial charge in [0.2, 0.25) is 10.4 Å². The molecule has 0 heterocycles. The van der Waals surface area contributed by atoms with Gasteiger partial charge in [-0.25, -0.2) is 8.42 Å². The van der Waals surface area contributed by atoms with Crippen molar-refractivity contribution in [2.24, 2.45) is 0 Å². The van der Waals surface area contributed by atoms with E-state index in [1.807, 2.05) is 0 Å². The zero-order chi connectivity index (χ0) is 17.2. The Labute approximate surface area is 171 Å². The van der Waals surface area contributed by atoms with Crippen LogP contribution in [0.1, 0.15) is 84.0 Å². The third-order valence-electron chi connectivity index (χ3n) is 3.57. The Balaban J connectivity index is 0. The molecule has 0 aromatic carbocycles. The molecule has 0 rings (SSSR count). The summed E-state index contributed by atoms with van der Waals surface area (Å²) < 4.78 is 34.8. The van der Waals surface area contributed by atoms with Crippen LogP contribution in [-0.2, 0) is 14.6 Å². The van der Waals surface area contributed by atoms with Crippen molar-refractivity contribution in [1.29, 1.82) is 0 Å². The van der Waals surface area contributed by atoms with Gasteiger partial charge in [-0.3, -0.25) is 4.18 Å². The molecule has 0 aliphatic heterocycles. The van der Waals surface area contributed by atoms with Gasteiger partial charge in [0.25, 0.3) is 0 Å². The monoisotopic (exact) mass is 368 g/mol. The minimum absolute atomic E-state index is 0. The smallest absolute Gasteiger partial charge is 0.726 e. The fourth-order valence-corrected chi connectivity index (χ4v) is 2.57. The van der Waals surface area contributed by atoms with E-state index in [9.17, 15) is 13.0 Å². The first-order valence-corrected chi connectivity index (χ1v) is 10.3. The van der Waals surface area contributed by atoms with Crippen LogP contribution in [0.2, 0.25) is 0 Å². The fourth-order valence-electron chi connectivity index (χ4n) is 2.25. The molecule has 0 N–H and O–H groups in total. The van der Waals surface area contributed by atoms with Crippen molar-refractivity contribution in [3.63, 3.8) is 0 Å². The second-order valence-electron chi connectivity index (χ2n) is 5.81. The van der Waals surface area contributed by atoms with E-state index in [1.165, 1.54) is 38.5 Å². The molecule has 0 aromatic heterocycles. The van der Waals surface area contributed by atoms with E-state index in [0.717, 1.165) is 32.1 Å². The molecule has 0 radical (unpaired) electrons. The molecule has 0 spiro atoms. The van der Waals surface area contributed by atoms with E-state index in [0.29, 0.717) is 6.42 Å². The normalized spacial score (nSPS) is 12.1. The summed E-state index contributed by atoms with van der Waals surface area (Å²) in [5, 5.41) is 0. The number of hydrogen-bond donors (Lipinski definition) is 0. The van der Waals surface area contributed by atoms with Gasteiger partial charge in [-0.2, -0.15) is 0 Å². The molecule has 0 atom stereocenters. The minimum Gasteiger partial charge on any atom is -0.726 e.